The van der Waals surface area contributed by atoms with Crippen LogP contribution in [0.3, 0.4) is 0 Å². The Bertz CT molecular complexity index is 718. The van der Waals surface area contributed by atoms with Gasteiger partial charge in [0, 0.05) is 0 Å². The molecule has 2 aliphatic carbocycles. The van der Waals surface area contributed by atoms with Crippen LogP contribution in [-0.4, -0.2) is 6.36 Å². The van der Waals surface area contributed by atoms with Crippen molar-refractivity contribution >= 4 is 0 Å². The Balaban J connectivity index is 1.41. The van der Waals surface area contributed by atoms with Gasteiger partial charge >= 0.3 is 6.36 Å². The van der Waals surface area contributed by atoms with E-state index in [9.17, 15) is 22.0 Å². The SMILES string of the molecule is C/C=C/CCC1CCC(CCC2CCC(c3cc(F)c(OC(F)(F)F)c(F)c3)CC2)CC1. The highest BCUT2D eigenvalue weighted by atomic mass is 19.4. The molecule has 0 amide bonds. The summed E-state index contributed by atoms with van der Waals surface area (Å²) >= 11 is 0. The van der Waals surface area contributed by atoms with Gasteiger partial charge in [0.1, 0.15) is 0 Å². The van der Waals surface area contributed by atoms with E-state index in [0.29, 0.717) is 11.5 Å². The molecule has 0 aromatic heterocycles. The third-order valence-corrected chi connectivity index (χ3v) is 7.48. The molecule has 0 unspecified atom stereocenters. The Morgan fingerprint density at radius 1 is 0.812 bits per heavy atom. The lowest BCUT2D eigenvalue weighted by atomic mass is 9.74. The molecular weight excluding hydrogens is 423 g/mol. The van der Waals surface area contributed by atoms with Gasteiger partial charge in [0.05, 0.1) is 0 Å². The molecule has 0 bridgehead atoms. The maximum absolute atomic E-state index is 14.0. The number of allylic oxidation sites excluding steroid dienone is 2. The number of rotatable bonds is 8. The quantitative estimate of drug-likeness (QED) is 0.279. The summed E-state index contributed by atoms with van der Waals surface area (Å²) in [5.74, 6) is -1.61. The summed E-state index contributed by atoms with van der Waals surface area (Å²) in [6.07, 6.45) is 13.3. The van der Waals surface area contributed by atoms with E-state index in [2.05, 4.69) is 23.8 Å². The zero-order valence-corrected chi connectivity index (χ0v) is 18.9. The van der Waals surface area contributed by atoms with Crippen molar-refractivity contribution in [3.8, 4) is 5.75 Å². The standard InChI is InChI=1S/C26H35F5O/c1-2-3-4-5-18-6-8-19(9-7-18)10-11-20-12-14-21(15-13-20)22-16-23(27)25(24(28)17-22)32-26(29,30)31/h2-3,16-21H,4-15H2,1H3/b3-2+. The molecule has 180 valence electrons. The fourth-order valence-electron chi connectivity index (χ4n) is 5.59. The van der Waals surface area contributed by atoms with Crippen molar-refractivity contribution < 1.29 is 26.7 Å². The number of alkyl halides is 3. The highest BCUT2D eigenvalue weighted by Gasteiger charge is 2.35. The van der Waals surface area contributed by atoms with E-state index < -0.39 is 23.7 Å². The molecule has 32 heavy (non-hydrogen) atoms. The Kier molecular flexibility index (Phi) is 9.01. The highest BCUT2D eigenvalue weighted by molar-refractivity contribution is 5.33. The summed E-state index contributed by atoms with van der Waals surface area (Å²) in [5.41, 5.74) is 0.434. The predicted molar refractivity (Wildman–Crippen MR) is 116 cm³/mol. The smallest absolute Gasteiger partial charge is 0.399 e. The Morgan fingerprint density at radius 3 is 1.75 bits per heavy atom. The van der Waals surface area contributed by atoms with E-state index in [0.717, 1.165) is 49.7 Å². The highest BCUT2D eigenvalue weighted by Crippen LogP contribution is 2.41. The van der Waals surface area contributed by atoms with Crippen molar-refractivity contribution in [2.24, 2.45) is 17.8 Å². The first-order chi connectivity index (χ1) is 15.2. The summed E-state index contributed by atoms with van der Waals surface area (Å²) in [7, 11) is 0. The largest absolute Gasteiger partial charge is 0.573 e. The maximum Gasteiger partial charge on any atom is 0.573 e. The van der Waals surface area contributed by atoms with Crippen LogP contribution in [0, 0.1) is 29.4 Å². The summed E-state index contributed by atoms with van der Waals surface area (Å²) < 4.78 is 68.6. The van der Waals surface area contributed by atoms with Gasteiger partial charge in [-0.25, -0.2) is 8.78 Å². The molecule has 0 heterocycles. The van der Waals surface area contributed by atoms with Crippen molar-refractivity contribution in [2.75, 3.05) is 0 Å². The normalized spacial score (nSPS) is 27.1. The lowest BCUT2D eigenvalue weighted by Gasteiger charge is -2.32. The van der Waals surface area contributed by atoms with Crippen molar-refractivity contribution in [1.82, 2.24) is 0 Å². The minimum atomic E-state index is -5.12. The van der Waals surface area contributed by atoms with Crippen molar-refractivity contribution in [3.05, 3.63) is 41.5 Å². The molecule has 2 saturated carbocycles. The minimum Gasteiger partial charge on any atom is -0.399 e. The van der Waals surface area contributed by atoms with Gasteiger partial charge < -0.3 is 4.74 Å². The molecule has 3 rings (SSSR count). The Hall–Kier alpha value is -1.59. The third kappa shape index (κ3) is 7.48. The molecule has 6 heteroatoms. The van der Waals surface area contributed by atoms with Gasteiger partial charge in [-0.2, -0.15) is 0 Å². The lowest BCUT2D eigenvalue weighted by molar-refractivity contribution is -0.276. The number of benzene rings is 1. The zero-order valence-electron chi connectivity index (χ0n) is 18.9. The average Bonchev–Trinajstić information content (AvgIpc) is 2.75. The molecule has 0 radical (unpaired) electrons. The molecule has 0 aliphatic heterocycles. The third-order valence-electron chi connectivity index (χ3n) is 7.48. The van der Waals surface area contributed by atoms with Gasteiger partial charge in [0.2, 0.25) is 5.75 Å². The predicted octanol–water partition coefficient (Wildman–Crippen LogP) is 9.08. The molecule has 1 nitrogen and oxygen atoms in total. The van der Waals surface area contributed by atoms with E-state index >= 15 is 0 Å². The Morgan fingerprint density at radius 2 is 1.28 bits per heavy atom. The molecule has 0 spiro atoms. The monoisotopic (exact) mass is 458 g/mol. The first-order valence-electron chi connectivity index (χ1n) is 12.1. The van der Waals surface area contributed by atoms with Gasteiger partial charge in [-0.1, -0.05) is 50.7 Å². The van der Waals surface area contributed by atoms with Crippen LogP contribution in [0.5, 0.6) is 5.75 Å². The fourth-order valence-corrected chi connectivity index (χ4v) is 5.59. The number of halogens is 5. The summed E-state index contributed by atoms with van der Waals surface area (Å²) in [5, 5.41) is 0. The molecule has 2 aliphatic rings. The molecule has 1 aromatic rings. The van der Waals surface area contributed by atoms with Crippen LogP contribution in [0.2, 0.25) is 0 Å². The number of hydrogen-bond acceptors (Lipinski definition) is 1. The summed E-state index contributed by atoms with van der Waals surface area (Å²) in [6.45, 7) is 2.07. The van der Waals surface area contributed by atoms with Crippen LogP contribution in [0.4, 0.5) is 22.0 Å². The summed E-state index contributed by atoms with van der Waals surface area (Å²) in [6, 6.07) is 2.01. The lowest BCUT2D eigenvalue weighted by Crippen LogP contribution is -2.20. The topological polar surface area (TPSA) is 9.23 Å². The average molecular weight is 459 g/mol. The number of hydrogen-bond donors (Lipinski definition) is 0. The molecule has 0 saturated heterocycles. The first kappa shape index (κ1) is 25.0. The van der Waals surface area contributed by atoms with Gasteiger partial charge in [-0.05, 0) is 86.8 Å². The molecular formula is C26H35F5O. The summed E-state index contributed by atoms with van der Waals surface area (Å²) in [4.78, 5) is 0. The van der Waals surface area contributed by atoms with E-state index in [4.69, 9.17) is 0 Å². The van der Waals surface area contributed by atoms with Crippen molar-refractivity contribution in [2.45, 2.75) is 96.3 Å². The zero-order chi connectivity index (χ0) is 23.1. The van der Waals surface area contributed by atoms with E-state index in [1.54, 1.807) is 0 Å². The molecule has 0 N–H and O–H groups in total. The van der Waals surface area contributed by atoms with Crippen molar-refractivity contribution in [1.29, 1.82) is 0 Å². The second-order valence-electron chi connectivity index (χ2n) is 9.69. The van der Waals surface area contributed by atoms with Gasteiger partial charge in [-0.3, -0.25) is 0 Å². The number of ether oxygens (including phenoxy) is 1. The van der Waals surface area contributed by atoms with Gasteiger partial charge in [0.15, 0.2) is 11.6 Å². The maximum atomic E-state index is 14.0. The second kappa shape index (κ2) is 11.5. The fraction of sp³-hybridized carbons (Fsp3) is 0.692. The molecule has 1 aromatic carbocycles. The van der Waals surface area contributed by atoms with Crippen LogP contribution < -0.4 is 4.74 Å². The Labute approximate surface area is 188 Å². The first-order valence-corrected chi connectivity index (χ1v) is 12.1. The second-order valence-corrected chi connectivity index (χ2v) is 9.69. The van der Waals surface area contributed by atoms with E-state index in [1.165, 1.54) is 51.4 Å². The molecule has 0 atom stereocenters. The van der Waals surface area contributed by atoms with Crippen LogP contribution in [0.25, 0.3) is 0 Å². The van der Waals surface area contributed by atoms with Crippen LogP contribution in [-0.2, 0) is 0 Å². The van der Waals surface area contributed by atoms with E-state index in [1.807, 2.05) is 0 Å². The van der Waals surface area contributed by atoms with Gasteiger partial charge in [-0.15, -0.1) is 13.2 Å². The van der Waals surface area contributed by atoms with Crippen LogP contribution in [0.15, 0.2) is 24.3 Å². The van der Waals surface area contributed by atoms with Crippen LogP contribution >= 0.6 is 0 Å². The van der Waals surface area contributed by atoms with Crippen LogP contribution in [0.1, 0.15) is 95.5 Å². The minimum absolute atomic E-state index is 0.0113. The van der Waals surface area contributed by atoms with Crippen molar-refractivity contribution in [3.63, 3.8) is 0 Å². The van der Waals surface area contributed by atoms with E-state index in [-0.39, 0.29) is 5.92 Å². The molecule has 2 fully saturated rings. The van der Waals surface area contributed by atoms with Gasteiger partial charge in [0.25, 0.3) is 0 Å².